The molecule has 0 aliphatic rings. The fourth-order valence-corrected chi connectivity index (χ4v) is 2.41. The Morgan fingerprint density at radius 2 is 1.58 bits per heavy atom. The molecule has 0 aromatic heterocycles. The summed E-state index contributed by atoms with van der Waals surface area (Å²) in [5.74, 6) is -1.38. The van der Waals surface area contributed by atoms with Gasteiger partial charge in [0.2, 0.25) is 0 Å². The minimum absolute atomic E-state index is 0.284. The number of carbonyl (C=O) groups is 1. The molecular formula is C15H12ClFO2. The van der Waals surface area contributed by atoms with Crippen LogP contribution in [0.3, 0.4) is 0 Å². The van der Waals surface area contributed by atoms with Crippen LogP contribution in [0.25, 0.3) is 11.1 Å². The average Bonchev–Trinajstić information content (AvgIpc) is 2.25. The van der Waals surface area contributed by atoms with Crippen molar-refractivity contribution in [2.75, 3.05) is 0 Å². The summed E-state index contributed by atoms with van der Waals surface area (Å²) in [6.07, 6.45) is 0. The molecular weight excluding hydrogens is 267 g/mol. The Labute approximate surface area is 115 Å². The molecule has 0 spiro atoms. The second-order valence-corrected chi connectivity index (χ2v) is 4.88. The van der Waals surface area contributed by atoms with Gasteiger partial charge in [-0.3, -0.25) is 0 Å². The maximum Gasteiger partial charge on any atom is 0.336 e. The van der Waals surface area contributed by atoms with Gasteiger partial charge in [0.15, 0.2) is 0 Å². The van der Waals surface area contributed by atoms with E-state index in [2.05, 4.69) is 0 Å². The topological polar surface area (TPSA) is 37.3 Å². The van der Waals surface area contributed by atoms with Gasteiger partial charge in [-0.15, -0.1) is 0 Å². The quantitative estimate of drug-likeness (QED) is 0.880. The van der Waals surface area contributed by atoms with Crippen molar-refractivity contribution in [1.29, 1.82) is 0 Å². The molecule has 98 valence electrons. The minimum Gasteiger partial charge on any atom is -0.478 e. The molecule has 0 saturated heterocycles. The van der Waals surface area contributed by atoms with E-state index in [4.69, 9.17) is 16.7 Å². The van der Waals surface area contributed by atoms with E-state index in [0.29, 0.717) is 21.7 Å². The zero-order valence-electron chi connectivity index (χ0n) is 10.5. The molecule has 1 N–H and O–H groups in total. The van der Waals surface area contributed by atoms with E-state index in [1.807, 2.05) is 0 Å². The van der Waals surface area contributed by atoms with Crippen LogP contribution < -0.4 is 0 Å². The molecule has 0 aliphatic heterocycles. The molecule has 2 rings (SSSR count). The number of benzene rings is 2. The van der Waals surface area contributed by atoms with Crippen molar-refractivity contribution in [1.82, 2.24) is 0 Å². The van der Waals surface area contributed by atoms with Crippen molar-refractivity contribution in [3.63, 3.8) is 0 Å². The van der Waals surface area contributed by atoms with Crippen LogP contribution in [0.5, 0.6) is 0 Å². The van der Waals surface area contributed by atoms with Gasteiger partial charge in [-0.1, -0.05) is 23.7 Å². The summed E-state index contributed by atoms with van der Waals surface area (Å²) in [4.78, 5) is 11.1. The van der Waals surface area contributed by atoms with Crippen LogP contribution >= 0.6 is 11.6 Å². The molecule has 0 atom stereocenters. The second kappa shape index (κ2) is 5.02. The highest BCUT2D eigenvalue weighted by Gasteiger charge is 2.13. The maximum atomic E-state index is 13.3. The van der Waals surface area contributed by atoms with Crippen molar-refractivity contribution in [3.05, 3.63) is 57.9 Å². The lowest BCUT2D eigenvalue weighted by molar-refractivity contribution is 0.0695. The highest BCUT2D eigenvalue weighted by molar-refractivity contribution is 6.30. The maximum absolute atomic E-state index is 13.3. The molecule has 0 radical (unpaired) electrons. The SMILES string of the molecule is Cc1cc(-c2cc(F)cc(Cl)c2)cc(C)c1C(=O)O. The summed E-state index contributed by atoms with van der Waals surface area (Å²) < 4.78 is 13.3. The van der Waals surface area contributed by atoms with Gasteiger partial charge in [-0.2, -0.15) is 0 Å². The summed E-state index contributed by atoms with van der Waals surface area (Å²) in [5.41, 5.74) is 2.95. The van der Waals surface area contributed by atoms with Crippen LogP contribution in [-0.2, 0) is 0 Å². The van der Waals surface area contributed by atoms with Crippen LogP contribution in [0.1, 0.15) is 21.5 Å². The lowest BCUT2D eigenvalue weighted by Crippen LogP contribution is -2.03. The summed E-state index contributed by atoms with van der Waals surface area (Å²) in [6.45, 7) is 3.45. The average molecular weight is 279 g/mol. The predicted molar refractivity (Wildman–Crippen MR) is 73.3 cm³/mol. The van der Waals surface area contributed by atoms with E-state index >= 15 is 0 Å². The van der Waals surface area contributed by atoms with E-state index in [9.17, 15) is 9.18 Å². The Bertz CT molecular complexity index is 622. The van der Waals surface area contributed by atoms with Crippen LogP contribution in [0, 0.1) is 19.7 Å². The Morgan fingerprint density at radius 1 is 1.05 bits per heavy atom. The molecule has 0 heterocycles. The fourth-order valence-electron chi connectivity index (χ4n) is 2.19. The molecule has 2 aromatic carbocycles. The monoisotopic (exact) mass is 278 g/mol. The summed E-state index contributed by atoms with van der Waals surface area (Å²) in [5, 5.41) is 9.43. The molecule has 2 nitrogen and oxygen atoms in total. The van der Waals surface area contributed by atoms with E-state index in [-0.39, 0.29) is 5.56 Å². The number of hydrogen-bond acceptors (Lipinski definition) is 1. The highest BCUT2D eigenvalue weighted by Crippen LogP contribution is 2.28. The Hall–Kier alpha value is -1.87. The van der Waals surface area contributed by atoms with E-state index in [0.717, 1.165) is 5.56 Å². The van der Waals surface area contributed by atoms with Crippen molar-refractivity contribution in [2.45, 2.75) is 13.8 Å². The lowest BCUT2D eigenvalue weighted by Gasteiger charge is -2.10. The van der Waals surface area contributed by atoms with E-state index in [1.165, 1.54) is 12.1 Å². The molecule has 0 amide bonds. The van der Waals surface area contributed by atoms with Gasteiger partial charge >= 0.3 is 5.97 Å². The summed E-state index contributed by atoms with van der Waals surface area (Å²) in [6, 6.07) is 7.71. The highest BCUT2D eigenvalue weighted by atomic mass is 35.5. The third-order valence-electron chi connectivity index (χ3n) is 2.94. The third kappa shape index (κ3) is 2.76. The second-order valence-electron chi connectivity index (χ2n) is 4.45. The van der Waals surface area contributed by atoms with Gasteiger partial charge in [0.05, 0.1) is 5.56 Å². The van der Waals surface area contributed by atoms with Gasteiger partial charge in [-0.25, -0.2) is 9.18 Å². The van der Waals surface area contributed by atoms with Gasteiger partial charge in [0.1, 0.15) is 5.82 Å². The predicted octanol–water partition coefficient (Wildman–Crippen LogP) is 4.46. The van der Waals surface area contributed by atoms with Crippen molar-refractivity contribution >= 4 is 17.6 Å². The first-order chi connectivity index (χ1) is 8.88. The number of carboxylic acids is 1. The minimum atomic E-state index is -0.959. The fraction of sp³-hybridized carbons (Fsp3) is 0.133. The zero-order chi connectivity index (χ0) is 14.2. The van der Waals surface area contributed by atoms with Gasteiger partial charge < -0.3 is 5.11 Å². The van der Waals surface area contributed by atoms with Crippen LogP contribution in [0.2, 0.25) is 5.02 Å². The zero-order valence-corrected chi connectivity index (χ0v) is 11.3. The Kier molecular flexibility index (Phi) is 3.58. The smallest absolute Gasteiger partial charge is 0.336 e. The van der Waals surface area contributed by atoms with Crippen molar-refractivity contribution in [2.24, 2.45) is 0 Å². The first-order valence-electron chi connectivity index (χ1n) is 5.69. The number of rotatable bonds is 2. The molecule has 19 heavy (non-hydrogen) atoms. The largest absolute Gasteiger partial charge is 0.478 e. The number of aryl methyl sites for hydroxylation is 2. The molecule has 2 aromatic rings. The third-order valence-corrected chi connectivity index (χ3v) is 3.16. The molecule has 0 unspecified atom stereocenters. The summed E-state index contributed by atoms with van der Waals surface area (Å²) in [7, 11) is 0. The van der Waals surface area contributed by atoms with E-state index < -0.39 is 11.8 Å². The number of hydrogen-bond donors (Lipinski definition) is 1. The van der Waals surface area contributed by atoms with Gasteiger partial charge in [-0.05, 0) is 54.3 Å². The van der Waals surface area contributed by atoms with Crippen LogP contribution in [0.15, 0.2) is 30.3 Å². The molecule has 0 saturated carbocycles. The van der Waals surface area contributed by atoms with Crippen LogP contribution in [0.4, 0.5) is 4.39 Å². The van der Waals surface area contributed by atoms with Gasteiger partial charge in [0, 0.05) is 5.02 Å². The lowest BCUT2D eigenvalue weighted by atomic mass is 9.95. The molecule has 0 bridgehead atoms. The number of carboxylic acid groups (broad SMARTS) is 1. The van der Waals surface area contributed by atoms with Crippen molar-refractivity contribution in [3.8, 4) is 11.1 Å². The van der Waals surface area contributed by atoms with E-state index in [1.54, 1.807) is 32.0 Å². The first-order valence-corrected chi connectivity index (χ1v) is 6.07. The van der Waals surface area contributed by atoms with Crippen molar-refractivity contribution < 1.29 is 14.3 Å². The van der Waals surface area contributed by atoms with Gasteiger partial charge in [0.25, 0.3) is 0 Å². The standard InChI is InChI=1S/C15H12ClFO2/c1-8-3-10(4-9(2)14(8)15(18)19)11-5-12(16)7-13(17)6-11/h3-7H,1-2H3,(H,18,19). The normalized spacial score (nSPS) is 10.5. The first kappa shape index (κ1) is 13.6. The number of aromatic carboxylic acids is 1. The Morgan fingerprint density at radius 3 is 2.05 bits per heavy atom. The summed E-state index contributed by atoms with van der Waals surface area (Å²) >= 11 is 5.83. The van der Waals surface area contributed by atoms with Crippen LogP contribution in [-0.4, -0.2) is 11.1 Å². The Balaban J connectivity index is 2.61. The molecule has 0 fully saturated rings. The number of halogens is 2. The molecule has 4 heteroatoms. The molecule has 0 aliphatic carbocycles.